The highest BCUT2D eigenvalue weighted by atomic mass is 16.2. The molecule has 0 radical (unpaired) electrons. The number of carbonyl (C=O) groups is 1. The SMILES string of the molecule is CCNC(=NCc1cccc(NC(=O)N2CCCC2)c1)NCCN(C(C)C)C(C)C. The van der Waals surface area contributed by atoms with Crippen LogP contribution in [0.25, 0.3) is 0 Å². The number of rotatable bonds is 9. The van der Waals surface area contributed by atoms with Crippen molar-refractivity contribution in [3.63, 3.8) is 0 Å². The molecule has 0 spiro atoms. The summed E-state index contributed by atoms with van der Waals surface area (Å²) < 4.78 is 0. The number of hydrogen-bond donors (Lipinski definition) is 3. The largest absolute Gasteiger partial charge is 0.357 e. The third-order valence-corrected chi connectivity index (χ3v) is 5.32. The van der Waals surface area contributed by atoms with Crippen LogP contribution in [-0.4, -0.2) is 66.6 Å². The van der Waals surface area contributed by atoms with Crippen LogP contribution in [0.1, 0.15) is 53.0 Å². The molecule has 0 atom stereocenters. The van der Waals surface area contributed by atoms with Crippen molar-refractivity contribution in [3.8, 4) is 0 Å². The quantitative estimate of drug-likeness (QED) is 0.426. The number of nitrogens with zero attached hydrogens (tertiary/aromatic N) is 3. The zero-order valence-electron chi connectivity index (χ0n) is 19.4. The fraction of sp³-hybridized carbons (Fsp3) is 0.652. The topological polar surface area (TPSA) is 72.0 Å². The lowest BCUT2D eigenvalue weighted by Gasteiger charge is -2.30. The summed E-state index contributed by atoms with van der Waals surface area (Å²) in [5.41, 5.74) is 1.89. The van der Waals surface area contributed by atoms with E-state index in [1.165, 1.54) is 0 Å². The summed E-state index contributed by atoms with van der Waals surface area (Å²) in [6.07, 6.45) is 2.18. The summed E-state index contributed by atoms with van der Waals surface area (Å²) in [5, 5.41) is 9.76. The highest BCUT2D eigenvalue weighted by Crippen LogP contribution is 2.14. The molecule has 1 aliphatic heterocycles. The van der Waals surface area contributed by atoms with Gasteiger partial charge in [0.1, 0.15) is 0 Å². The number of guanidine groups is 1. The van der Waals surface area contributed by atoms with Gasteiger partial charge in [-0.3, -0.25) is 4.90 Å². The molecule has 7 nitrogen and oxygen atoms in total. The number of anilines is 1. The van der Waals surface area contributed by atoms with E-state index in [1.54, 1.807) is 0 Å². The average Bonchev–Trinajstić information content (AvgIpc) is 3.24. The van der Waals surface area contributed by atoms with E-state index in [2.05, 4.69) is 55.5 Å². The van der Waals surface area contributed by atoms with Crippen molar-refractivity contribution in [2.24, 2.45) is 4.99 Å². The lowest BCUT2D eigenvalue weighted by atomic mass is 10.2. The van der Waals surface area contributed by atoms with Gasteiger partial charge in [-0.1, -0.05) is 12.1 Å². The standard InChI is InChI=1S/C23H40N6O/c1-6-24-22(25-12-15-29(18(2)3)19(4)5)26-17-20-10-9-11-21(16-20)27-23(30)28-13-7-8-14-28/h9-11,16,18-19H,6-8,12-15,17H2,1-5H3,(H,27,30)(H2,24,25,26). The predicted octanol–water partition coefficient (Wildman–Crippen LogP) is 3.49. The van der Waals surface area contributed by atoms with Gasteiger partial charge in [-0.05, 0) is 65.2 Å². The van der Waals surface area contributed by atoms with Gasteiger partial charge in [0.15, 0.2) is 5.96 Å². The molecule has 1 aromatic carbocycles. The van der Waals surface area contributed by atoms with Crippen molar-refractivity contribution < 1.29 is 4.79 Å². The van der Waals surface area contributed by atoms with Crippen LogP contribution in [0.3, 0.4) is 0 Å². The van der Waals surface area contributed by atoms with Crippen molar-refractivity contribution in [2.75, 3.05) is 38.0 Å². The van der Waals surface area contributed by atoms with Crippen LogP contribution in [0, 0.1) is 0 Å². The van der Waals surface area contributed by atoms with Crippen LogP contribution >= 0.6 is 0 Å². The van der Waals surface area contributed by atoms with Crippen LogP contribution in [-0.2, 0) is 6.54 Å². The molecule has 0 unspecified atom stereocenters. The van der Waals surface area contributed by atoms with E-state index < -0.39 is 0 Å². The third-order valence-electron chi connectivity index (χ3n) is 5.32. The highest BCUT2D eigenvalue weighted by Gasteiger charge is 2.17. The van der Waals surface area contributed by atoms with Crippen LogP contribution in [0.4, 0.5) is 10.5 Å². The van der Waals surface area contributed by atoms with Crippen LogP contribution in [0.2, 0.25) is 0 Å². The first kappa shape index (κ1) is 24.0. The lowest BCUT2D eigenvalue weighted by Crippen LogP contribution is -2.45. The molecule has 0 bridgehead atoms. The third kappa shape index (κ3) is 7.86. The number of benzene rings is 1. The molecule has 0 aromatic heterocycles. The molecule has 2 rings (SSSR count). The van der Waals surface area contributed by atoms with Crippen molar-refractivity contribution in [1.29, 1.82) is 0 Å². The van der Waals surface area contributed by atoms with Gasteiger partial charge in [-0.25, -0.2) is 9.79 Å². The highest BCUT2D eigenvalue weighted by molar-refractivity contribution is 5.89. The van der Waals surface area contributed by atoms with Gasteiger partial charge in [0.05, 0.1) is 6.54 Å². The van der Waals surface area contributed by atoms with E-state index in [0.29, 0.717) is 18.6 Å². The number of hydrogen-bond acceptors (Lipinski definition) is 3. The van der Waals surface area contributed by atoms with Gasteiger partial charge >= 0.3 is 6.03 Å². The molecule has 0 aliphatic carbocycles. The minimum atomic E-state index is -0.0111. The van der Waals surface area contributed by atoms with Crippen molar-refractivity contribution >= 4 is 17.7 Å². The Labute approximate surface area is 182 Å². The van der Waals surface area contributed by atoms with Crippen LogP contribution < -0.4 is 16.0 Å². The maximum Gasteiger partial charge on any atom is 0.321 e. The van der Waals surface area contributed by atoms with Gasteiger partial charge < -0.3 is 20.9 Å². The molecule has 168 valence electrons. The summed E-state index contributed by atoms with van der Waals surface area (Å²) in [6, 6.07) is 8.96. The molecule has 0 saturated carbocycles. The van der Waals surface area contributed by atoms with E-state index >= 15 is 0 Å². The zero-order chi connectivity index (χ0) is 21.9. The second kappa shape index (κ2) is 12.4. The van der Waals surface area contributed by atoms with Gasteiger partial charge in [0.2, 0.25) is 0 Å². The Bertz CT molecular complexity index is 674. The van der Waals surface area contributed by atoms with Crippen molar-refractivity contribution in [2.45, 2.75) is 66.1 Å². The Morgan fingerprint density at radius 1 is 1.13 bits per heavy atom. The first-order valence-corrected chi connectivity index (χ1v) is 11.3. The normalized spacial score (nSPS) is 14.7. The number of aliphatic imine (C=N–C) groups is 1. The predicted molar refractivity (Wildman–Crippen MR) is 126 cm³/mol. The van der Waals surface area contributed by atoms with Gasteiger partial charge in [0, 0.05) is 50.5 Å². The Morgan fingerprint density at radius 2 is 1.83 bits per heavy atom. The number of carbonyl (C=O) groups excluding carboxylic acids is 1. The second-order valence-corrected chi connectivity index (χ2v) is 8.37. The number of nitrogens with one attached hydrogen (secondary N) is 3. The number of urea groups is 1. The molecule has 1 saturated heterocycles. The van der Waals surface area contributed by atoms with Crippen LogP contribution in [0.5, 0.6) is 0 Å². The first-order valence-electron chi connectivity index (χ1n) is 11.3. The smallest absolute Gasteiger partial charge is 0.321 e. The summed E-state index contributed by atoms with van der Waals surface area (Å²) >= 11 is 0. The first-order chi connectivity index (χ1) is 14.4. The second-order valence-electron chi connectivity index (χ2n) is 8.37. The molecule has 7 heteroatoms. The van der Waals surface area contributed by atoms with Gasteiger partial charge in [0.25, 0.3) is 0 Å². The maximum atomic E-state index is 12.3. The van der Waals surface area contributed by atoms with E-state index in [4.69, 9.17) is 4.99 Å². The van der Waals surface area contributed by atoms with E-state index in [9.17, 15) is 4.79 Å². The molecule has 1 heterocycles. The van der Waals surface area contributed by atoms with E-state index in [0.717, 1.165) is 62.8 Å². The molecule has 1 fully saturated rings. The maximum absolute atomic E-state index is 12.3. The average molecular weight is 417 g/mol. The molecule has 1 aromatic rings. The molecule has 30 heavy (non-hydrogen) atoms. The van der Waals surface area contributed by atoms with Crippen LogP contribution in [0.15, 0.2) is 29.3 Å². The summed E-state index contributed by atoms with van der Waals surface area (Å²) in [4.78, 5) is 21.4. The monoisotopic (exact) mass is 416 g/mol. The fourth-order valence-corrected chi connectivity index (χ4v) is 3.80. The van der Waals surface area contributed by atoms with E-state index in [-0.39, 0.29) is 6.03 Å². The minimum absolute atomic E-state index is 0.0111. The zero-order valence-corrected chi connectivity index (χ0v) is 19.4. The number of likely N-dealkylation sites (tertiary alicyclic amines) is 1. The molecular weight excluding hydrogens is 376 g/mol. The van der Waals surface area contributed by atoms with Gasteiger partial charge in [-0.15, -0.1) is 0 Å². The fourth-order valence-electron chi connectivity index (χ4n) is 3.80. The van der Waals surface area contributed by atoms with Gasteiger partial charge in [-0.2, -0.15) is 0 Å². The molecule has 3 N–H and O–H groups in total. The summed E-state index contributed by atoms with van der Waals surface area (Å²) in [6.45, 7) is 15.9. The Balaban J connectivity index is 1.91. The Hall–Kier alpha value is -2.28. The number of amides is 2. The Morgan fingerprint density at radius 3 is 2.47 bits per heavy atom. The van der Waals surface area contributed by atoms with Crippen molar-refractivity contribution in [1.82, 2.24) is 20.4 Å². The molecule has 1 aliphatic rings. The molecule has 2 amide bonds. The summed E-state index contributed by atoms with van der Waals surface area (Å²) in [7, 11) is 0. The summed E-state index contributed by atoms with van der Waals surface area (Å²) in [5.74, 6) is 0.816. The lowest BCUT2D eigenvalue weighted by molar-refractivity contribution is 0.178. The molecular formula is C23H40N6O. The van der Waals surface area contributed by atoms with E-state index in [1.807, 2.05) is 29.2 Å². The van der Waals surface area contributed by atoms with Crippen molar-refractivity contribution in [3.05, 3.63) is 29.8 Å². The minimum Gasteiger partial charge on any atom is -0.357 e. The Kier molecular flexibility index (Phi) is 9.94.